The average molecular weight is 665 g/mol. The van der Waals surface area contributed by atoms with E-state index in [1.807, 2.05) is 62.1 Å². The third-order valence-corrected chi connectivity index (χ3v) is 9.21. The zero-order valence-corrected chi connectivity index (χ0v) is 29.4. The number of methoxy groups -OCH3 is 2. The van der Waals surface area contributed by atoms with Crippen LogP contribution in [0.2, 0.25) is 0 Å². The topological polar surface area (TPSA) is 110 Å². The summed E-state index contributed by atoms with van der Waals surface area (Å²) in [6, 6.07) is 11.2. The Morgan fingerprint density at radius 1 is 0.938 bits per heavy atom. The zero-order chi connectivity index (χ0) is 34.4. The molecular formula is C37H52N4O7. The van der Waals surface area contributed by atoms with Gasteiger partial charge in [0, 0.05) is 49.0 Å². The minimum atomic E-state index is -0.563. The van der Waals surface area contributed by atoms with E-state index in [9.17, 15) is 14.4 Å². The fourth-order valence-corrected chi connectivity index (χ4v) is 6.33. The van der Waals surface area contributed by atoms with Gasteiger partial charge in [0.1, 0.15) is 11.4 Å². The number of anilines is 1. The van der Waals surface area contributed by atoms with Crippen LogP contribution in [0.5, 0.6) is 17.2 Å². The number of hydrogen-bond donors (Lipinski definition) is 1. The van der Waals surface area contributed by atoms with E-state index in [-0.39, 0.29) is 36.5 Å². The number of urea groups is 1. The molecule has 0 radical (unpaired) electrons. The molecule has 2 atom stereocenters. The third kappa shape index (κ3) is 9.26. The van der Waals surface area contributed by atoms with Gasteiger partial charge in [-0.3, -0.25) is 9.69 Å². The van der Waals surface area contributed by atoms with Crippen LogP contribution in [0.3, 0.4) is 0 Å². The lowest BCUT2D eigenvalue weighted by molar-refractivity contribution is -0.121. The van der Waals surface area contributed by atoms with E-state index in [2.05, 4.69) is 12.2 Å². The molecule has 0 spiro atoms. The molecule has 0 unspecified atom stereocenters. The Kier molecular flexibility index (Phi) is 11.3. The first-order valence-electron chi connectivity index (χ1n) is 17.3. The zero-order valence-electron chi connectivity index (χ0n) is 29.4. The Morgan fingerprint density at radius 2 is 1.71 bits per heavy atom. The standard InChI is InChI=1S/C37H52N4O7/c1-25-15-18-40(30-13-14-31(45-5)33(22-30)47-19-7-8-26-9-10-26)35(43)41(25)23-28-12-11-27(20-32(28)46-6)21-34(42)38-29-16-17-39(24-29)36(44)48-37(2,3)4/h11-14,20,22,25-26,29H,7-10,15-19,21,23-24H2,1-6H3,(H,38,42)/t25-,29+/m0/s1. The number of benzene rings is 2. The summed E-state index contributed by atoms with van der Waals surface area (Å²) in [4.78, 5) is 44.6. The summed E-state index contributed by atoms with van der Waals surface area (Å²) in [5, 5.41) is 3.05. The summed E-state index contributed by atoms with van der Waals surface area (Å²) in [5.74, 6) is 2.67. The van der Waals surface area contributed by atoms with Crippen molar-refractivity contribution in [3.8, 4) is 17.2 Å². The van der Waals surface area contributed by atoms with Crippen molar-refractivity contribution in [1.29, 1.82) is 0 Å². The molecule has 3 aliphatic rings. The molecule has 2 aliphatic heterocycles. The summed E-state index contributed by atoms with van der Waals surface area (Å²) in [6.45, 7) is 10.1. The molecule has 0 aromatic heterocycles. The van der Waals surface area contributed by atoms with Crippen LogP contribution in [0.15, 0.2) is 36.4 Å². The van der Waals surface area contributed by atoms with Crippen molar-refractivity contribution in [2.24, 2.45) is 5.92 Å². The number of likely N-dealkylation sites (tertiary alicyclic amines) is 1. The van der Waals surface area contributed by atoms with Crippen LogP contribution in [0.4, 0.5) is 15.3 Å². The Bertz CT molecular complexity index is 1450. The van der Waals surface area contributed by atoms with Crippen LogP contribution in [0, 0.1) is 5.92 Å². The van der Waals surface area contributed by atoms with Gasteiger partial charge in [0.2, 0.25) is 5.91 Å². The third-order valence-electron chi connectivity index (χ3n) is 9.21. The first-order valence-corrected chi connectivity index (χ1v) is 17.3. The highest BCUT2D eigenvalue weighted by Crippen LogP contribution is 2.36. The summed E-state index contributed by atoms with van der Waals surface area (Å²) in [7, 11) is 3.23. The van der Waals surface area contributed by atoms with Crippen molar-refractivity contribution in [1.82, 2.24) is 15.1 Å². The Hall–Kier alpha value is -4.15. The molecule has 2 aromatic carbocycles. The van der Waals surface area contributed by atoms with Crippen LogP contribution >= 0.6 is 0 Å². The Balaban J connectivity index is 1.19. The number of ether oxygens (including phenoxy) is 4. The minimum Gasteiger partial charge on any atom is -0.496 e. The summed E-state index contributed by atoms with van der Waals surface area (Å²) >= 11 is 0. The maximum absolute atomic E-state index is 13.9. The average Bonchev–Trinajstić information content (AvgIpc) is 3.75. The van der Waals surface area contributed by atoms with E-state index in [1.54, 1.807) is 24.0 Å². The SMILES string of the molecule is COc1cc(CC(=O)N[C@@H]2CCN(C(=O)OC(C)(C)C)C2)ccc1CN1C(=O)N(c2ccc(OC)c(OCCCC3CC3)c2)CC[C@@H]1C. The van der Waals surface area contributed by atoms with E-state index in [4.69, 9.17) is 18.9 Å². The predicted octanol–water partition coefficient (Wildman–Crippen LogP) is 6.16. The lowest BCUT2D eigenvalue weighted by atomic mass is 10.0. The number of carbonyl (C=O) groups excluding carboxylic acids is 3. The van der Waals surface area contributed by atoms with Gasteiger partial charge in [0.15, 0.2) is 11.5 Å². The highest BCUT2D eigenvalue weighted by molar-refractivity contribution is 5.93. The van der Waals surface area contributed by atoms with Gasteiger partial charge in [-0.25, -0.2) is 9.59 Å². The fourth-order valence-electron chi connectivity index (χ4n) is 6.33. The summed E-state index contributed by atoms with van der Waals surface area (Å²) in [6.07, 6.45) is 6.16. The highest BCUT2D eigenvalue weighted by atomic mass is 16.6. The van der Waals surface area contributed by atoms with Gasteiger partial charge in [0.05, 0.1) is 33.8 Å². The number of hydrogen-bond acceptors (Lipinski definition) is 7. The van der Waals surface area contributed by atoms with Crippen molar-refractivity contribution in [3.05, 3.63) is 47.5 Å². The molecule has 4 amide bonds. The lowest BCUT2D eigenvalue weighted by Gasteiger charge is -2.40. The van der Waals surface area contributed by atoms with Crippen molar-refractivity contribution in [3.63, 3.8) is 0 Å². The molecule has 3 fully saturated rings. The molecule has 2 aromatic rings. The Labute approximate surface area is 284 Å². The van der Waals surface area contributed by atoms with Crippen molar-refractivity contribution >= 4 is 23.7 Å². The maximum Gasteiger partial charge on any atom is 0.410 e. The highest BCUT2D eigenvalue weighted by Gasteiger charge is 2.33. The lowest BCUT2D eigenvalue weighted by Crippen LogP contribution is -2.53. The molecule has 11 nitrogen and oxygen atoms in total. The van der Waals surface area contributed by atoms with Crippen LogP contribution in [0.1, 0.15) is 77.3 Å². The molecule has 262 valence electrons. The van der Waals surface area contributed by atoms with Gasteiger partial charge in [-0.1, -0.05) is 25.0 Å². The molecule has 1 saturated carbocycles. The second-order valence-electron chi connectivity index (χ2n) is 14.3. The van der Waals surface area contributed by atoms with Crippen molar-refractivity contribution in [2.75, 3.05) is 45.4 Å². The van der Waals surface area contributed by atoms with Crippen LogP contribution < -0.4 is 24.4 Å². The molecule has 0 bridgehead atoms. The van der Waals surface area contributed by atoms with E-state index >= 15 is 0 Å². The molecular weight excluding hydrogens is 612 g/mol. The van der Waals surface area contributed by atoms with E-state index in [0.717, 1.165) is 35.6 Å². The first-order chi connectivity index (χ1) is 22.9. The number of rotatable bonds is 13. The predicted molar refractivity (Wildman–Crippen MR) is 184 cm³/mol. The van der Waals surface area contributed by atoms with Crippen LogP contribution in [-0.4, -0.2) is 86.0 Å². The van der Waals surface area contributed by atoms with Gasteiger partial charge < -0.3 is 34.1 Å². The number of nitrogens with one attached hydrogen (secondary N) is 1. The van der Waals surface area contributed by atoms with E-state index in [1.165, 1.54) is 19.3 Å². The second kappa shape index (κ2) is 15.4. The molecule has 5 rings (SSSR count). The van der Waals surface area contributed by atoms with E-state index in [0.29, 0.717) is 56.5 Å². The quantitative estimate of drug-likeness (QED) is 0.256. The normalized spacial score (nSPS) is 19.7. The van der Waals surface area contributed by atoms with Crippen molar-refractivity contribution < 1.29 is 33.3 Å². The maximum atomic E-state index is 13.9. The Morgan fingerprint density at radius 3 is 2.42 bits per heavy atom. The van der Waals surface area contributed by atoms with Crippen molar-refractivity contribution in [2.45, 2.75) is 96.9 Å². The first kappa shape index (κ1) is 35.2. The minimum absolute atomic E-state index is 0.0342. The van der Waals surface area contributed by atoms with Gasteiger partial charge in [-0.05, 0) is 83.1 Å². The number of nitrogens with zero attached hydrogens (tertiary/aromatic N) is 3. The van der Waals surface area contributed by atoms with Gasteiger partial charge in [0.25, 0.3) is 0 Å². The van der Waals surface area contributed by atoms with Crippen LogP contribution in [0.25, 0.3) is 0 Å². The van der Waals surface area contributed by atoms with Gasteiger partial charge in [-0.15, -0.1) is 0 Å². The molecule has 1 aliphatic carbocycles. The monoisotopic (exact) mass is 664 g/mol. The summed E-state index contributed by atoms with van der Waals surface area (Å²) < 4.78 is 22.9. The number of carbonyl (C=O) groups is 3. The molecule has 2 heterocycles. The molecule has 2 saturated heterocycles. The fraction of sp³-hybridized carbons (Fsp3) is 0.595. The molecule has 1 N–H and O–H groups in total. The smallest absolute Gasteiger partial charge is 0.410 e. The van der Waals surface area contributed by atoms with Crippen LogP contribution in [-0.2, 0) is 22.5 Å². The van der Waals surface area contributed by atoms with Gasteiger partial charge in [-0.2, -0.15) is 0 Å². The summed E-state index contributed by atoms with van der Waals surface area (Å²) in [5.41, 5.74) is 1.88. The molecule has 48 heavy (non-hydrogen) atoms. The largest absolute Gasteiger partial charge is 0.496 e. The van der Waals surface area contributed by atoms with Gasteiger partial charge >= 0.3 is 12.1 Å². The second-order valence-corrected chi connectivity index (χ2v) is 14.3. The van der Waals surface area contributed by atoms with E-state index < -0.39 is 5.60 Å². The molecule has 11 heteroatoms. The number of amides is 4.